The van der Waals surface area contributed by atoms with Gasteiger partial charge in [0.1, 0.15) is 0 Å². The number of halogens is 2. The van der Waals surface area contributed by atoms with E-state index in [2.05, 4.69) is 20.4 Å². The summed E-state index contributed by atoms with van der Waals surface area (Å²) in [7, 11) is 0. The highest BCUT2D eigenvalue weighted by Crippen LogP contribution is 2.29. The Labute approximate surface area is 146 Å². The molecule has 1 amide bonds. The van der Waals surface area contributed by atoms with Crippen molar-refractivity contribution in [3.8, 4) is 0 Å². The Morgan fingerprint density at radius 2 is 1.91 bits per heavy atom. The maximum Gasteiger partial charge on any atom is 0.238 e. The highest BCUT2D eigenvalue weighted by atomic mass is 35.5. The lowest BCUT2D eigenvalue weighted by atomic mass is 10.2. The Balaban J connectivity index is 1.47. The first-order chi connectivity index (χ1) is 11.1. The van der Waals surface area contributed by atoms with Crippen LogP contribution >= 0.6 is 23.2 Å². The van der Waals surface area contributed by atoms with Gasteiger partial charge in [-0.25, -0.2) is 0 Å². The van der Waals surface area contributed by atoms with Crippen LogP contribution in [0.1, 0.15) is 6.42 Å². The summed E-state index contributed by atoms with van der Waals surface area (Å²) in [5.74, 6) is -0.0732. The Morgan fingerprint density at radius 1 is 1.22 bits per heavy atom. The zero-order chi connectivity index (χ0) is 16.2. The molecule has 2 saturated heterocycles. The first-order valence-corrected chi connectivity index (χ1v) is 8.80. The molecule has 5 nitrogen and oxygen atoms in total. The van der Waals surface area contributed by atoms with Crippen LogP contribution in [0.3, 0.4) is 0 Å². The number of anilines is 1. The molecule has 0 radical (unpaired) electrons. The standard InChI is InChI=1S/C16H22Cl2N4O/c17-13-2-1-3-14(18)16(13)20-15(23)11-21-6-8-22(9-7-21)12-4-5-19-10-12/h1-3,12,19H,4-11H2,(H,20,23). The smallest absolute Gasteiger partial charge is 0.238 e. The first-order valence-electron chi connectivity index (χ1n) is 8.04. The van der Waals surface area contributed by atoms with Gasteiger partial charge in [-0.05, 0) is 25.1 Å². The van der Waals surface area contributed by atoms with Gasteiger partial charge in [-0.15, -0.1) is 0 Å². The predicted octanol–water partition coefficient (Wildman–Crippen LogP) is 1.91. The molecule has 1 atom stereocenters. The molecule has 1 aromatic carbocycles. The van der Waals surface area contributed by atoms with Gasteiger partial charge in [0.05, 0.1) is 22.3 Å². The van der Waals surface area contributed by atoms with Gasteiger partial charge in [0.15, 0.2) is 0 Å². The fourth-order valence-corrected chi connectivity index (χ4v) is 3.73. The molecule has 2 aliphatic rings. The third-order valence-electron chi connectivity index (χ3n) is 4.55. The second-order valence-electron chi connectivity index (χ2n) is 6.10. The van der Waals surface area contributed by atoms with Crippen molar-refractivity contribution in [2.45, 2.75) is 12.5 Å². The van der Waals surface area contributed by atoms with E-state index >= 15 is 0 Å². The summed E-state index contributed by atoms with van der Waals surface area (Å²) in [6, 6.07) is 5.86. The Hall–Kier alpha value is -0.850. The van der Waals surface area contributed by atoms with Crippen molar-refractivity contribution in [3.63, 3.8) is 0 Å². The lowest BCUT2D eigenvalue weighted by molar-refractivity contribution is -0.117. The predicted molar refractivity (Wildman–Crippen MR) is 94.4 cm³/mol. The highest BCUT2D eigenvalue weighted by Gasteiger charge is 2.26. The van der Waals surface area contributed by atoms with Crippen LogP contribution in [0.2, 0.25) is 10.0 Å². The maximum absolute atomic E-state index is 12.2. The second kappa shape index (κ2) is 7.81. The number of hydrogen-bond donors (Lipinski definition) is 2. The van der Waals surface area contributed by atoms with Crippen molar-refractivity contribution in [2.75, 3.05) is 51.1 Å². The molecular formula is C16H22Cl2N4O. The number of piperazine rings is 1. The van der Waals surface area contributed by atoms with Crippen LogP contribution in [0.5, 0.6) is 0 Å². The molecule has 2 heterocycles. The number of hydrogen-bond acceptors (Lipinski definition) is 4. The largest absolute Gasteiger partial charge is 0.322 e. The molecule has 0 spiro atoms. The monoisotopic (exact) mass is 356 g/mol. The van der Waals surface area contributed by atoms with Gasteiger partial charge in [0.2, 0.25) is 5.91 Å². The molecular weight excluding hydrogens is 335 g/mol. The zero-order valence-electron chi connectivity index (χ0n) is 13.0. The molecule has 1 aromatic rings. The molecule has 3 rings (SSSR count). The summed E-state index contributed by atoms with van der Waals surface area (Å²) in [6.07, 6.45) is 1.23. The number of benzene rings is 1. The van der Waals surface area contributed by atoms with Crippen molar-refractivity contribution < 1.29 is 4.79 Å². The van der Waals surface area contributed by atoms with Crippen LogP contribution < -0.4 is 10.6 Å². The molecule has 0 saturated carbocycles. The Morgan fingerprint density at radius 3 is 2.52 bits per heavy atom. The van der Waals surface area contributed by atoms with Gasteiger partial charge in [-0.2, -0.15) is 0 Å². The van der Waals surface area contributed by atoms with Gasteiger partial charge in [-0.3, -0.25) is 14.6 Å². The summed E-state index contributed by atoms with van der Waals surface area (Å²) in [5.41, 5.74) is 0.497. The molecule has 0 bridgehead atoms. The van der Waals surface area contributed by atoms with Crippen molar-refractivity contribution >= 4 is 34.8 Å². The molecule has 1 unspecified atom stereocenters. The molecule has 0 aromatic heterocycles. The number of carbonyl (C=O) groups excluding carboxylic acids is 1. The van der Waals surface area contributed by atoms with E-state index in [1.807, 2.05) is 0 Å². The van der Waals surface area contributed by atoms with Gasteiger partial charge in [0.25, 0.3) is 0 Å². The van der Waals surface area contributed by atoms with E-state index < -0.39 is 0 Å². The number of nitrogens with one attached hydrogen (secondary N) is 2. The van der Waals surface area contributed by atoms with E-state index in [9.17, 15) is 4.79 Å². The quantitative estimate of drug-likeness (QED) is 0.864. The third-order valence-corrected chi connectivity index (χ3v) is 5.18. The Bertz CT molecular complexity index is 535. The minimum absolute atomic E-state index is 0.0732. The molecule has 2 aliphatic heterocycles. The lowest BCUT2D eigenvalue weighted by Crippen LogP contribution is -2.52. The summed E-state index contributed by atoms with van der Waals surface area (Å²) in [5, 5.41) is 7.16. The topological polar surface area (TPSA) is 47.6 Å². The number of nitrogens with zero attached hydrogens (tertiary/aromatic N) is 2. The van der Waals surface area contributed by atoms with Crippen molar-refractivity contribution in [1.82, 2.24) is 15.1 Å². The van der Waals surface area contributed by atoms with Crippen molar-refractivity contribution in [1.29, 1.82) is 0 Å². The molecule has 23 heavy (non-hydrogen) atoms. The normalized spacial score (nSPS) is 23.1. The van der Waals surface area contributed by atoms with Crippen LogP contribution in [0.25, 0.3) is 0 Å². The minimum atomic E-state index is -0.0732. The second-order valence-corrected chi connectivity index (χ2v) is 6.92. The molecule has 126 valence electrons. The number of para-hydroxylation sites is 1. The van der Waals surface area contributed by atoms with Gasteiger partial charge in [0, 0.05) is 38.8 Å². The lowest BCUT2D eigenvalue weighted by Gasteiger charge is -2.37. The number of carbonyl (C=O) groups is 1. The van der Waals surface area contributed by atoms with Crippen molar-refractivity contribution in [2.24, 2.45) is 0 Å². The molecule has 0 aliphatic carbocycles. The van der Waals surface area contributed by atoms with Gasteiger partial charge >= 0.3 is 0 Å². The van der Waals surface area contributed by atoms with E-state index in [-0.39, 0.29) is 5.91 Å². The van der Waals surface area contributed by atoms with E-state index in [1.54, 1.807) is 18.2 Å². The highest BCUT2D eigenvalue weighted by molar-refractivity contribution is 6.39. The summed E-state index contributed by atoms with van der Waals surface area (Å²) in [6.45, 7) is 6.45. The molecule has 7 heteroatoms. The average Bonchev–Trinajstić information content (AvgIpc) is 3.06. The minimum Gasteiger partial charge on any atom is -0.322 e. The van der Waals surface area contributed by atoms with Crippen LogP contribution in [0.15, 0.2) is 18.2 Å². The van der Waals surface area contributed by atoms with Crippen LogP contribution in [0, 0.1) is 0 Å². The third kappa shape index (κ3) is 4.37. The molecule has 2 N–H and O–H groups in total. The van der Waals surface area contributed by atoms with Gasteiger partial charge < -0.3 is 10.6 Å². The van der Waals surface area contributed by atoms with E-state index in [0.29, 0.717) is 28.3 Å². The summed E-state index contributed by atoms with van der Waals surface area (Å²) >= 11 is 12.2. The fourth-order valence-electron chi connectivity index (χ4n) is 3.24. The fraction of sp³-hybridized carbons (Fsp3) is 0.562. The molecule has 2 fully saturated rings. The Kier molecular flexibility index (Phi) is 5.77. The van der Waals surface area contributed by atoms with Crippen LogP contribution in [-0.4, -0.2) is 67.6 Å². The number of rotatable bonds is 4. The zero-order valence-corrected chi connectivity index (χ0v) is 14.5. The van der Waals surface area contributed by atoms with E-state index in [0.717, 1.165) is 39.3 Å². The van der Waals surface area contributed by atoms with E-state index in [1.165, 1.54) is 6.42 Å². The summed E-state index contributed by atoms with van der Waals surface area (Å²) in [4.78, 5) is 16.9. The SMILES string of the molecule is O=C(CN1CCN(C2CCNC2)CC1)Nc1c(Cl)cccc1Cl. The van der Waals surface area contributed by atoms with Crippen LogP contribution in [-0.2, 0) is 4.79 Å². The van der Waals surface area contributed by atoms with E-state index in [4.69, 9.17) is 23.2 Å². The summed E-state index contributed by atoms with van der Waals surface area (Å²) < 4.78 is 0. The van der Waals surface area contributed by atoms with Gasteiger partial charge in [-0.1, -0.05) is 29.3 Å². The first kappa shape index (κ1) is 17.0. The van der Waals surface area contributed by atoms with Crippen LogP contribution in [0.4, 0.5) is 5.69 Å². The average molecular weight is 357 g/mol. The maximum atomic E-state index is 12.2. The number of amides is 1. The van der Waals surface area contributed by atoms with Crippen molar-refractivity contribution in [3.05, 3.63) is 28.2 Å².